The maximum Gasteiger partial charge on any atom is 0.276 e. The summed E-state index contributed by atoms with van der Waals surface area (Å²) in [6.07, 6.45) is 1.88. The van der Waals surface area contributed by atoms with E-state index in [1.807, 2.05) is 19.1 Å². The lowest BCUT2D eigenvalue weighted by atomic mass is 10.2. The van der Waals surface area contributed by atoms with Crippen LogP contribution in [0.15, 0.2) is 45.3 Å². The van der Waals surface area contributed by atoms with E-state index >= 15 is 0 Å². The molecule has 0 radical (unpaired) electrons. The second-order valence-electron chi connectivity index (χ2n) is 6.04. The van der Waals surface area contributed by atoms with Crippen LogP contribution in [0.5, 0.6) is 11.5 Å². The first-order valence-electron chi connectivity index (χ1n) is 8.81. The van der Waals surface area contributed by atoms with E-state index in [0.29, 0.717) is 23.7 Å². The van der Waals surface area contributed by atoms with E-state index < -0.39 is 11.8 Å². The fourth-order valence-corrected chi connectivity index (χ4v) is 3.12. The second kappa shape index (κ2) is 11.1. The van der Waals surface area contributed by atoms with Crippen LogP contribution in [0.4, 0.5) is 0 Å². The molecular weight excluding hydrogens is 492 g/mol. The first-order chi connectivity index (χ1) is 13.4. The predicted molar refractivity (Wildman–Crippen MR) is 115 cm³/mol. The van der Waals surface area contributed by atoms with Crippen LogP contribution in [-0.4, -0.2) is 25.0 Å². The predicted octanol–water partition coefficient (Wildman–Crippen LogP) is 4.54. The number of hydrazine groups is 1. The lowest BCUT2D eigenvalue weighted by Crippen LogP contribution is -2.44. The Kier molecular flexibility index (Phi) is 8.79. The standard InChI is InChI=1S/C20H22Br2N2O4/c1-3-4-9-27-18-8-6-15(22)11-16(18)20(26)24-23-19(25)12-28-17-7-5-14(21)10-13(17)2/h5-8,10-11H,3-4,9,12H2,1-2H3,(H,23,25)(H,24,26). The summed E-state index contributed by atoms with van der Waals surface area (Å²) in [6, 6.07) is 10.6. The number of hydrogen-bond donors (Lipinski definition) is 2. The number of hydrogen-bond acceptors (Lipinski definition) is 4. The molecule has 0 aliphatic rings. The summed E-state index contributed by atoms with van der Waals surface area (Å²) < 4.78 is 12.8. The molecular formula is C20H22Br2N2O4. The second-order valence-corrected chi connectivity index (χ2v) is 7.87. The lowest BCUT2D eigenvalue weighted by Gasteiger charge is -2.13. The minimum atomic E-state index is -0.473. The normalized spacial score (nSPS) is 10.3. The molecule has 0 atom stereocenters. The van der Waals surface area contributed by atoms with Gasteiger partial charge in [0.2, 0.25) is 0 Å². The van der Waals surface area contributed by atoms with Crippen molar-refractivity contribution in [3.05, 3.63) is 56.5 Å². The Labute approximate surface area is 181 Å². The molecule has 0 aliphatic carbocycles. The molecule has 0 saturated heterocycles. The number of rotatable bonds is 8. The SMILES string of the molecule is CCCCOc1ccc(Br)cc1C(=O)NNC(=O)COc1ccc(Br)cc1C. The molecule has 0 saturated carbocycles. The van der Waals surface area contributed by atoms with Crippen LogP contribution < -0.4 is 20.3 Å². The molecule has 2 aromatic rings. The highest BCUT2D eigenvalue weighted by Crippen LogP contribution is 2.24. The summed E-state index contributed by atoms with van der Waals surface area (Å²) in [5.41, 5.74) is 5.97. The Morgan fingerprint density at radius 1 is 0.964 bits per heavy atom. The molecule has 6 nitrogen and oxygen atoms in total. The quantitative estimate of drug-likeness (QED) is 0.401. The monoisotopic (exact) mass is 512 g/mol. The molecule has 150 valence electrons. The summed E-state index contributed by atoms with van der Waals surface area (Å²) >= 11 is 6.72. The third-order valence-corrected chi connectivity index (χ3v) is 4.74. The maximum atomic E-state index is 12.4. The molecule has 2 rings (SSSR count). The van der Waals surface area contributed by atoms with Crippen LogP contribution in [0.3, 0.4) is 0 Å². The van der Waals surface area contributed by atoms with Crippen LogP contribution in [0.25, 0.3) is 0 Å². The van der Waals surface area contributed by atoms with Crippen molar-refractivity contribution in [3.63, 3.8) is 0 Å². The first-order valence-corrected chi connectivity index (χ1v) is 10.4. The Morgan fingerprint density at radius 3 is 2.32 bits per heavy atom. The number of carbonyl (C=O) groups is 2. The molecule has 28 heavy (non-hydrogen) atoms. The Balaban J connectivity index is 1.90. The van der Waals surface area contributed by atoms with E-state index in [-0.39, 0.29) is 6.61 Å². The van der Waals surface area contributed by atoms with Crippen LogP contribution in [0.2, 0.25) is 0 Å². The highest BCUT2D eigenvalue weighted by molar-refractivity contribution is 9.10. The zero-order valence-corrected chi connectivity index (χ0v) is 18.9. The van der Waals surface area contributed by atoms with Crippen LogP contribution in [-0.2, 0) is 4.79 Å². The molecule has 0 unspecified atom stereocenters. The maximum absolute atomic E-state index is 12.4. The number of carbonyl (C=O) groups excluding carboxylic acids is 2. The fourth-order valence-electron chi connectivity index (χ4n) is 2.28. The lowest BCUT2D eigenvalue weighted by molar-refractivity contribution is -0.123. The molecule has 2 aromatic carbocycles. The molecule has 8 heteroatoms. The molecule has 0 fully saturated rings. The minimum absolute atomic E-state index is 0.221. The zero-order chi connectivity index (χ0) is 20.5. The number of ether oxygens (including phenoxy) is 2. The summed E-state index contributed by atoms with van der Waals surface area (Å²) in [6.45, 7) is 4.24. The number of benzene rings is 2. The first kappa shape index (κ1) is 22.2. The van der Waals surface area contributed by atoms with Gasteiger partial charge < -0.3 is 9.47 Å². The Bertz CT molecular complexity index is 843. The van der Waals surface area contributed by atoms with Gasteiger partial charge in [-0.05, 0) is 55.3 Å². The largest absolute Gasteiger partial charge is 0.493 e. The van der Waals surface area contributed by atoms with Gasteiger partial charge in [0.1, 0.15) is 11.5 Å². The van der Waals surface area contributed by atoms with Gasteiger partial charge in [0.15, 0.2) is 6.61 Å². The molecule has 0 heterocycles. The minimum Gasteiger partial charge on any atom is -0.493 e. The van der Waals surface area contributed by atoms with Gasteiger partial charge in [0, 0.05) is 8.95 Å². The average molecular weight is 514 g/mol. The molecule has 0 spiro atoms. The molecule has 2 amide bonds. The van der Waals surface area contributed by atoms with E-state index in [1.165, 1.54) is 0 Å². The highest BCUT2D eigenvalue weighted by Gasteiger charge is 2.14. The number of unbranched alkanes of at least 4 members (excludes halogenated alkanes) is 1. The van der Waals surface area contributed by atoms with Crippen LogP contribution in [0, 0.1) is 6.92 Å². The summed E-state index contributed by atoms with van der Waals surface area (Å²) in [5.74, 6) is 0.119. The molecule has 0 bridgehead atoms. The number of aryl methyl sites for hydroxylation is 1. The van der Waals surface area contributed by atoms with Gasteiger partial charge in [-0.3, -0.25) is 20.4 Å². The van der Waals surface area contributed by atoms with Crippen molar-refractivity contribution < 1.29 is 19.1 Å². The summed E-state index contributed by atoms with van der Waals surface area (Å²) in [5, 5.41) is 0. The Hall–Kier alpha value is -2.06. The van der Waals surface area contributed by atoms with Crippen molar-refractivity contribution in [2.24, 2.45) is 0 Å². The van der Waals surface area contributed by atoms with Crippen molar-refractivity contribution in [2.45, 2.75) is 26.7 Å². The zero-order valence-electron chi connectivity index (χ0n) is 15.7. The topological polar surface area (TPSA) is 76.7 Å². The van der Waals surface area contributed by atoms with E-state index in [2.05, 4.69) is 49.6 Å². The van der Waals surface area contributed by atoms with Gasteiger partial charge in [-0.25, -0.2) is 0 Å². The van der Waals surface area contributed by atoms with Crippen molar-refractivity contribution in [2.75, 3.05) is 13.2 Å². The van der Waals surface area contributed by atoms with E-state index in [1.54, 1.807) is 24.3 Å². The number of nitrogens with one attached hydrogen (secondary N) is 2. The third kappa shape index (κ3) is 6.83. The number of amides is 2. The smallest absolute Gasteiger partial charge is 0.276 e. The van der Waals surface area contributed by atoms with Gasteiger partial charge in [-0.15, -0.1) is 0 Å². The van der Waals surface area contributed by atoms with Gasteiger partial charge in [0.05, 0.1) is 12.2 Å². The van der Waals surface area contributed by atoms with Crippen LogP contribution in [0.1, 0.15) is 35.7 Å². The Morgan fingerprint density at radius 2 is 1.64 bits per heavy atom. The van der Waals surface area contributed by atoms with Crippen molar-refractivity contribution in [3.8, 4) is 11.5 Å². The van der Waals surface area contributed by atoms with E-state index in [4.69, 9.17) is 9.47 Å². The molecule has 2 N–H and O–H groups in total. The van der Waals surface area contributed by atoms with Gasteiger partial charge in [-0.1, -0.05) is 45.2 Å². The van der Waals surface area contributed by atoms with E-state index in [9.17, 15) is 9.59 Å². The van der Waals surface area contributed by atoms with Crippen molar-refractivity contribution in [1.29, 1.82) is 0 Å². The average Bonchev–Trinajstić information content (AvgIpc) is 2.66. The fraction of sp³-hybridized carbons (Fsp3) is 0.300. The summed E-state index contributed by atoms with van der Waals surface area (Å²) in [4.78, 5) is 24.4. The number of halogens is 2. The third-order valence-electron chi connectivity index (χ3n) is 3.75. The van der Waals surface area contributed by atoms with E-state index in [0.717, 1.165) is 27.4 Å². The van der Waals surface area contributed by atoms with Crippen molar-refractivity contribution in [1.82, 2.24) is 10.9 Å². The van der Waals surface area contributed by atoms with Gasteiger partial charge in [-0.2, -0.15) is 0 Å². The van der Waals surface area contributed by atoms with Gasteiger partial charge in [0.25, 0.3) is 11.8 Å². The van der Waals surface area contributed by atoms with Crippen LogP contribution >= 0.6 is 31.9 Å². The molecule has 0 aromatic heterocycles. The van der Waals surface area contributed by atoms with Crippen molar-refractivity contribution >= 4 is 43.7 Å². The highest BCUT2D eigenvalue weighted by atomic mass is 79.9. The van der Waals surface area contributed by atoms with Gasteiger partial charge >= 0.3 is 0 Å². The molecule has 0 aliphatic heterocycles. The summed E-state index contributed by atoms with van der Waals surface area (Å²) in [7, 11) is 0.